The Kier molecular flexibility index (Phi) is 10.8. The van der Waals surface area contributed by atoms with Gasteiger partial charge in [-0.2, -0.15) is 0 Å². The van der Waals surface area contributed by atoms with Crippen LogP contribution in [0.4, 0.5) is 11.4 Å². The molecule has 5 aromatic rings. The Labute approximate surface area is 273 Å². The molecule has 1 aromatic heterocycles. The van der Waals surface area contributed by atoms with E-state index in [1.54, 1.807) is 67.0 Å². The van der Waals surface area contributed by atoms with Crippen molar-refractivity contribution in [3.05, 3.63) is 162 Å². The molecule has 0 aliphatic rings. The third-order valence-corrected chi connectivity index (χ3v) is 8.34. The molecule has 0 bridgehead atoms. The maximum Gasteiger partial charge on any atom is 0.272 e. The van der Waals surface area contributed by atoms with Gasteiger partial charge in [0.2, 0.25) is 5.91 Å². The van der Waals surface area contributed by atoms with Crippen LogP contribution in [0, 0.1) is 0 Å². The van der Waals surface area contributed by atoms with Crippen molar-refractivity contribution in [1.29, 1.82) is 0 Å². The van der Waals surface area contributed by atoms with Gasteiger partial charge in [-0.1, -0.05) is 80.6 Å². The summed E-state index contributed by atoms with van der Waals surface area (Å²) in [5.41, 5.74) is 4.52. The number of anilines is 2. The average Bonchev–Trinajstić information content (AvgIpc) is 3.09. The molecule has 3 N–H and O–H groups in total. The molecule has 0 saturated carbocycles. The fraction of sp³-hybridized carbons (Fsp3) is 0.105. The van der Waals surface area contributed by atoms with E-state index in [1.807, 2.05) is 72.8 Å². The van der Waals surface area contributed by atoms with Gasteiger partial charge in [0, 0.05) is 34.2 Å². The summed E-state index contributed by atoms with van der Waals surface area (Å²) in [4.78, 5) is 44.8. The number of nitrogens with one attached hydrogen (secondary N) is 3. The Balaban J connectivity index is 1.30. The topological polar surface area (TPSA) is 100 Å². The Morgan fingerprint density at radius 3 is 1.96 bits per heavy atom. The van der Waals surface area contributed by atoms with Crippen molar-refractivity contribution in [1.82, 2.24) is 10.3 Å². The normalized spacial score (nSPS) is 11.8. The Morgan fingerprint density at radius 2 is 1.33 bits per heavy atom. The number of aromatic nitrogens is 1. The van der Waals surface area contributed by atoms with E-state index in [-0.39, 0.29) is 11.6 Å². The average molecular weight is 627 g/mol. The van der Waals surface area contributed by atoms with Crippen LogP contribution < -0.4 is 16.0 Å². The SMILES string of the molecule is CC(C)c1ccc(NC(=O)C(Sc2ccc(NC(=O)/C(=C/c3cccnc3)NC(=O)c3ccccc3)cc2)c2ccccc2)cc1. The molecule has 0 radical (unpaired) electrons. The van der Waals surface area contributed by atoms with Crippen molar-refractivity contribution in [3.8, 4) is 0 Å². The number of amides is 3. The first-order chi connectivity index (χ1) is 22.4. The highest BCUT2D eigenvalue weighted by molar-refractivity contribution is 8.00. The second-order valence-corrected chi connectivity index (χ2v) is 12.0. The van der Waals surface area contributed by atoms with Crippen LogP contribution in [0.1, 0.15) is 52.1 Å². The smallest absolute Gasteiger partial charge is 0.272 e. The molecule has 7 nitrogen and oxygen atoms in total. The van der Waals surface area contributed by atoms with E-state index in [9.17, 15) is 14.4 Å². The molecule has 3 amide bonds. The van der Waals surface area contributed by atoms with Crippen LogP contribution in [-0.2, 0) is 9.59 Å². The summed E-state index contributed by atoms with van der Waals surface area (Å²) in [7, 11) is 0. The lowest BCUT2D eigenvalue weighted by atomic mass is 10.0. The molecule has 0 fully saturated rings. The van der Waals surface area contributed by atoms with Crippen LogP contribution in [0.3, 0.4) is 0 Å². The summed E-state index contributed by atoms with van der Waals surface area (Å²) in [6.07, 6.45) is 4.82. The first-order valence-corrected chi connectivity index (χ1v) is 15.8. The zero-order valence-corrected chi connectivity index (χ0v) is 26.3. The number of hydrogen-bond acceptors (Lipinski definition) is 5. The molecular formula is C38H34N4O3S. The van der Waals surface area contributed by atoms with E-state index in [0.717, 1.165) is 16.1 Å². The number of rotatable bonds is 11. The summed E-state index contributed by atoms with van der Waals surface area (Å²) in [6.45, 7) is 4.27. The minimum Gasteiger partial charge on any atom is -0.325 e. The molecule has 1 heterocycles. The predicted octanol–water partition coefficient (Wildman–Crippen LogP) is 8.09. The number of benzene rings is 4. The van der Waals surface area contributed by atoms with Crippen LogP contribution >= 0.6 is 11.8 Å². The molecule has 230 valence electrons. The summed E-state index contributed by atoms with van der Waals surface area (Å²) in [5.74, 6) is -0.621. The summed E-state index contributed by atoms with van der Waals surface area (Å²) in [5, 5.41) is 8.16. The van der Waals surface area contributed by atoms with Gasteiger partial charge < -0.3 is 16.0 Å². The van der Waals surface area contributed by atoms with Gasteiger partial charge in [0.15, 0.2) is 0 Å². The first-order valence-electron chi connectivity index (χ1n) is 14.9. The molecule has 1 unspecified atom stereocenters. The molecule has 0 saturated heterocycles. The van der Waals surface area contributed by atoms with Crippen LogP contribution in [0.2, 0.25) is 0 Å². The first kappa shape index (κ1) is 31.9. The van der Waals surface area contributed by atoms with Crippen LogP contribution in [0.25, 0.3) is 6.08 Å². The second-order valence-electron chi connectivity index (χ2n) is 10.8. The highest BCUT2D eigenvalue weighted by Gasteiger charge is 2.23. The van der Waals surface area contributed by atoms with E-state index in [2.05, 4.69) is 34.8 Å². The van der Waals surface area contributed by atoms with Crippen molar-refractivity contribution in [2.24, 2.45) is 0 Å². The molecule has 0 spiro atoms. The predicted molar refractivity (Wildman–Crippen MR) is 185 cm³/mol. The van der Waals surface area contributed by atoms with Gasteiger partial charge in [-0.3, -0.25) is 19.4 Å². The third kappa shape index (κ3) is 8.80. The van der Waals surface area contributed by atoms with Crippen molar-refractivity contribution in [3.63, 3.8) is 0 Å². The monoisotopic (exact) mass is 626 g/mol. The van der Waals surface area contributed by atoms with Gasteiger partial charge in [0.05, 0.1) is 0 Å². The molecule has 46 heavy (non-hydrogen) atoms. The third-order valence-electron chi connectivity index (χ3n) is 7.08. The van der Waals surface area contributed by atoms with Gasteiger partial charge in [-0.15, -0.1) is 11.8 Å². The number of carbonyl (C=O) groups is 3. The molecular weight excluding hydrogens is 593 g/mol. The lowest BCUT2D eigenvalue weighted by molar-refractivity contribution is -0.116. The van der Waals surface area contributed by atoms with Crippen LogP contribution in [0.15, 0.2) is 144 Å². The zero-order valence-electron chi connectivity index (χ0n) is 25.5. The van der Waals surface area contributed by atoms with E-state index in [1.165, 1.54) is 17.3 Å². The second kappa shape index (κ2) is 15.5. The minimum atomic E-state index is -0.506. The van der Waals surface area contributed by atoms with Gasteiger partial charge in [0.25, 0.3) is 11.8 Å². The lowest BCUT2D eigenvalue weighted by Gasteiger charge is -2.18. The van der Waals surface area contributed by atoms with E-state index >= 15 is 0 Å². The quantitative estimate of drug-likeness (QED) is 0.102. The number of thioether (sulfide) groups is 1. The van der Waals surface area contributed by atoms with Gasteiger partial charge in [0.1, 0.15) is 10.9 Å². The summed E-state index contributed by atoms with van der Waals surface area (Å²) >= 11 is 1.42. The number of nitrogens with zero attached hydrogens (tertiary/aromatic N) is 1. The fourth-order valence-electron chi connectivity index (χ4n) is 4.58. The molecule has 0 aliphatic carbocycles. The Hall–Kier alpha value is -5.47. The van der Waals surface area contributed by atoms with Crippen LogP contribution in [0.5, 0.6) is 0 Å². The van der Waals surface area contributed by atoms with E-state index < -0.39 is 17.1 Å². The van der Waals surface area contributed by atoms with Gasteiger partial charge >= 0.3 is 0 Å². The van der Waals surface area contributed by atoms with Crippen LogP contribution in [-0.4, -0.2) is 22.7 Å². The minimum absolute atomic E-state index is 0.0718. The standard InChI is InChI=1S/C38H34N4O3S/c1-26(2)28-15-17-31(18-16-28)41-38(45)35(29-11-5-3-6-12-29)46-33-21-19-32(20-22-33)40-37(44)34(24-27-10-9-23-39-25-27)42-36(43)30-13-7-4-8-14-30/h3-26,35H,1-2H3,(H,40,44)(H,41,45)(H,42,43)/b34-24-. The molecule has 4 aromatic carbocycles. The lowest BCUT2D eigenvalue weighted by Crippen LogP contribution is -2.30. The van der Waals surface area contributed by atoms with Crippen molar-refractivity contribution in [2.45, 2.75) is 29.9 Å². The maximum absolute atomic E-state index is 13.5. The number of pyridine rings is 1. The highest BCUT2D eigenvalue weighted by Crippen LogP contribution is 2.37. The van der Waals surface area contributed by atoms with Gasteiger partial charge in [-0.05, 0) is 83.3 Å². The van der Waals surface area contributed by atoms with Crippen molar-refractivity contribution in [2.75, 3.05) is 10.6 Å². The van der Waals surface area contributed by atoms with E-state index in [0.29, 0.717) is 22.7 Å². The number of hydrogen-bond donors (Lipinski definition) is 3. The summed E-state index contributed by atoms with van der Waals surface area (Å²) in [6, 6.07) is 37.0. The fourth-order valence-corrected chi connectivity index (χ4v) is 5.61. The summed E-state index contributed by atoms with van der Waals surface area (Å²) < 4.78 is 0. The van der Waals surface area contributed by atoms with Gasteiger partial charge in [-0.25, -0.2) is 0 Å². The van der Waals surface area contributed by atoms with Crippen molar-refractivity contribution >= 4 is 46.9 Å². The Bertz CT molecular complexity index is 1790. The molecule has 0 aliphatic heterocycles. The zero-order chi connectivity index (χ0) is 32.3. The Morgan fingerprint density at radius 1 is 0.696 bits per heavy atom. The molecule has 1 atom stereocenters. The molecule has 5 rings (SSSR count). The highest BCUT2D eigenvalue weighted by atomic mass is 32.2. The number of carbonyl (C=O) groups excluding carboxylic acids is 3. The molecule has 8 heteroatoms. The van der Waals surface area contributed by atoms with E-state index in [4.69, 9.17) is 0 Å². The largest absolute Gasteiger partial charge is 0.325 e. The maximum atomic E-state index is 13.5. The van der Waals surface area contributed by atoms with Crippen molar-refractivity contribution < 1.29 is 14.4 Å².